The first kappa shape index (κ1) is 18.0. The third kappa shape index (κ3) is 1.89. The Hall–Kier alpha value is -1.41. The van der Waals surface area contributed by atoms with Crippen LogP contribution in [0.25, 0.3) is 0 Å². The molecule has 7 heteroatoms. The van der Waals surface area contributed by atoms with Crippen molar-refractivity contribution in [2.75, 3.05) is 27.8 Å². The molecule has 2 heterocycles. The average Bonchev–Trinajstić information content (AvgIpc) is 2.95. The number of rotatable bonds is 0. The van der Waals surface area contributed by atoms with Crippen molar-refractivity contribution in [3.63, 3.8) is 0 Å². The number of likely N-dealkylation sites (tertiary alicyclic amines) is 1. The summed E-state index contributed by atoms with van der Waals surface area (Å²) in [6.07, 6.45) is 3.09. The van der Waals surface area contributed by atoms with Crippen LogP contribution in [0, 0.1) is 0 Å². The van der Waals surface area contributed by atoms with Crippen LogP contribution in [-0.4, -0.2) is 71.3 Å². The summed E-state index contributed by atoms with van der Waals surface area (Å²) in [4.78, 5) is 15.2. The summed E-state index contributed by atoms with van der Waals surface area (Å²) in [6, 6.07) is 2.85. The van der Waals surface area contributed by atoms with Crippen LogP contribution < -0.4 is 4.74 Å². The zero-order chi connectivity index (χ0) is 18.9. The smallest absolute Gasteiger partial charge is 0.182 e. The third-order valence-electron chi connectivity index (χ3n) is 6.05. The van der Waals surface area contributed by atoms with E-state index in [2.05, 4.69) is 25.6 Å². The second-order valence-corrected chi connectivity index (χ2v) is 8.68. The second-order valence-electron chi connectivity index (χ2n) is 7.37. The van der Waals surface area contributed by atoms with E-state index < -0.39 is 21.9 Å². The quantitative estimate of drug-likeness (QED) is 0.487. The number of ketones is 1. The summed E-state index contributed by atoms with van der Waals surface area (Å²) in [5, 5.41) is 20.8. The number of alkyl halides is 1. The molecule has 26 heavy (non-hydrogen) atoms. The summed E-state index contributed by atoms with van der Waals surface area (Å²) in [5.41, 5.74) is 0.821. The molecule has 2 bridgehead atoms. The van der Waals surface area contributed by atoms with Crippen LogP contribution in [0.2, 0.25) is 0 Å². The zero-order valence-corrected chi connectivity index (χ0v) is 16.5. The van der Waals surface area contributed by atoms with E-state index in [4.69, 9.17) is 4.74 Å². The molecule has 1 aromatic carbocycles. The van der Waals surface area contributed by atoms with Gasteiger partial charge in [0.2, 0.25) is 0 Å². The molecule has 0 aromatic heterocycles. The van der Waals surface area contributed by atoms with Crippen molar-refractivity contribution < 1.29 is 24.5 Å². The maximum Gasteiger partial charge on any atom is 0.182 e. The molecule has 5 atom stereocenters. The van der Waals surface area contributed by atoms with Crippen LogP contribution >= 0.6 is 15.9 Å². The highest BCUT2D eigenvalue weighted by atomic mass is 79.9. The minimum atomic E-state index is -0.766. The van der Waals surface area contributed by atoms with Crippen molar-refractivity contribution in [3.05, 3.63) is 35.4 Å². The van der Waals surface area contributed by atoms with E-state index in [-0.39, 0.29) is 17.6 Å². The molecule has 140 valence electrons. The number of phenols is 1. The number of hydrogen-bond donors (Lipinski definition) is 2. The van der Waals surface area contributed by atoms with Crippen LogP contribution in [0.5, 0.6) is 11.5 Å². The zero-order valence-electron chi connectivity index (χ0n) is 14.9. The fraction of sp³-hybridized carbons (Fsp3) is 0.526. The molecular formula is C19H22BrNO5. The molecule has 0 saturated carbocycles. The molecule has 1 fully saturated rings. The Morgan fingerprint density at radius 1 is 1.38 bits per heavy atom. The number of carbonyl (C=O) groups is 1. The lowest BCUT2D eigenvalue weighted by molar-refractivity contribution is -0.0255. The standard InChI is InChI=1S/C17H16BrNO4.C2H6O/c1-19-7-6-16-11-8-2-3-9(20)13(11)23-15(16)10(21)4-5-17(16,18)14(19)12(8)22;1-3-2/h2-5,10,14-15,20-21H,6-7H2,1H3;1-2H3/t10-,14+,15-,16-,17+;/m0./s1. The minimum absolute atomic E-state index is 0.0275. The van der Waals surface area contributed by atoms with Gasteiger partial charge in [0.05, 0.1) is 15.8 Å². The molecule has 1 spiro atoms. The molecule has 2 aliphatic heterocycles. The number of nitrogens with zero attached hydrogens (tertiary/aromatic N) is 1. The number of Topliss-reactive ketones (excluding diaryl/α,β-unsaturated/α-hetero) is 1. The van der Waals surface area contributed by atoms with Gasteiger partial charge in [0.15, 0.2) is 17.3 Å². The van der Waals surface area contributed by atoms with Crippen molar-refractivity contribution in [1.29, 1.82) is 0 Å². The van der Waals surface area contributed by atoms with Crippen LogP contribution in [0.15, 0.2) is 24.3 Å². The normalized spacial score (nSPS) is 39.0. The van der Waals surface area contributed by atoms with Gasteiger partial charge in [-0.2, -0.15) is 0 Å². The minimum Gasteiger partial charge on any atom is -0.504 e. The van der Waals surface area contributed by atoms with Gasteiger partial charge in [0.25, 0.3) is 0 Å². The number of likely N-dealkylation sites (N-methyl/N-ethyl adjacent to an activating group) is 1. The van der Waals surface area contributed by atoms with Gasteiger partial charge in [-0.05, 0) is 32.1 Å². The monoisotopic (exact) mass is 423 g/mol. The Balaban J connectivity index is 0.000000527. The lowest BCUT2D eigenvalue weighted by Gasteiger charge is -2.60. The van der Waals surface area contributed by atoms with Crippen LogP contribution in [0.1, 0.15) is 22.3 Å². The number of phenolic OH excluding ortho intramolecular Hbond substituents is 1. The number of methoxy groups -OCH3 is 1. The molecule has 1 saturated heterocycles. The number of hydrogen-bond acceptors (Lipinski definition) is 6. The van der Waals surface area contributed by atoms with E-state index in [0.29, 0.717) is 11.3 Å². The fourth-order valence-electron chi connectivity index (χ4n) is 5.10. The Bertz CT molecular complexity index is 811. The van der Waals surface area contributed by atoms with E-state index in [1.165, 1.54) is 6.07 Å². The number of carbonyl (C=O) groups excluding carboxylic acids is 1. The van der Waals surface area contributed by atoms with Crippen LogP contribution in [-0.2, 0) is 10.2 Å². The highest BCUT2D eigenvalue weighted by molar-refractivity contribution is 9.10. The van der Waals surface area contributed by atoms with Crippen molar-refractivity contribution >= 4 is 21.7 Å². The van der Waals surface area contributed by atoms with E-state index in [1.54, 1.807) is 26.4 Å². The predicted octanol–water partition coefficient (Wildman–Crippen LogP) is 1.62. The fourth-order valence-corrected chi connectivity index (χ4v) is 6.44. The molecule has 0 amide bonds. The number of benzene rings is 1. The van der Waals surface area contributed by atoms with E-state index in [1.807, 2.05) is 13.1 Å². The van der Waals surface area contributed by atoms with Crippen molar-refractivity contribution in [1.82, 2.24) is 4.90 Å². The number of ether oxygens (including phenoxy) is 2. The lowest BCUT2D eigenvalue weighted by Crippen LogP contribution is -2.74. The largest absolute Gasteiger partial charge is 0.504 e. The molecule has 5 rings (SSSR count). The van der Waals surface area contributed by atoms with Gasteiger partial charge in [-0.25, -0.2) is 0 Å². The summed E-state index contributed by atoms with van der Waals surface area (Å²) in [7, 11) is 5.20. The first-order valence-electron chi connectivity index (χ1n) is 8.57. The van der Waals surface area contributed by atoms with E-state index in [0.717, 1.165) is 18.5 Å². The molecule has 1 aromatic rings. The Labute approximate surface area is 160 Å². The number of piperidine rings is 1. The van der Waals surface area contributed by atoms with Crippen LogP contribution in [0.4, 0.5) is 0 Å². The first-order chi connectivity index (χ1) is 12.3. The molecule has 0 radical (unpaired) electrons. The summed E-state index contributed by atoms with van der Waals surface area (Å²) in [5.74, 6) is 0.413. The van der Waals surface area contributed by atoms with Crippen LogP contribution in [0.3, 0.4) is 0 Å². The van der Waals surface area contributed by atoms with Crippen molar-refractivity contribution in [3.8, 4) is 11.5 Å². The number of aliphatic hydroxyl groups is 1. The topological polar surface area (TPSA) is 79.2 Å². The average molecular weight is 424 g/mol. The second kappa shape index (κ2) is 5.79. The molecular weight excluding hydrogens is 402 g/mol. The SMILES string of the molecule is CN1CC[C@]23c4c5ccc(O)c4O[C@H]2[C@@H](O)C=C[C@@]3(Br)[C@H]1C5=O.COC. The van der Waals surface area contributed by atoms with Crippen molar-refractivity contribution in [2.45, 2.75) is 34.4 Å². The third-order valence-corrected chi connectivity index (χ3v) is 7.46. The van der Waals surface area contributed by atoms with E-state index >= 15 is 0 Å². The number of halogens is 1. The first-order valence-corrected chi connectivity index (χ1v) is 9.36. The van der Waals surface area contributed by atoms with Gasteiger partial charge in [-0.15, -0.1) is 0 Å². The van der Waals surface area contributed by atoms with Gasteiger partial charge in [-0.3, -0.25) is 9.69 Å². The van der Waals surface area contributed by atoms with Gasteiger partial charge >= 0.3 is 0 Å². The van der Waals surface area contributed by atoms with Gasteiger partial charge in [-0.1, -0.05) is 28.1 Å². The van der Waals surface area contributed by atoms with E-state index in [9.17, 15) is 15.0 Å². The Kier molecular flexibility index (Phi) is 4.00. The Morgan fingerprint density at radius 2 is 2.08 bits per heavy atom. The number of aromatic hydroxyl groups is 1. The lowest BCUT2D eigenvalue weighted by atomic mass is 9.53. The maximum atomic E-state index is 13.2. The van der Waals surface area contributed by atoms with Gasteiger partial charge in [0, 0.05) is 25.3 Å². The van der Waals surface area contributed by atoms with Gasteiger partial charge < -0.3 is 19.7 Å². The molecule has 4 aliphatic rings. The molecule has 2 N–H and O–H groups in total. The maximum absolute atomic E-state index is 13.2. The highest BCUT2D eigenvalue weighted by Crippen LogP contribution is 2.66. The molecule has 0 unspecified atom stereocenters. The Morgan fingerprint density at radius 3 is 2.77 bits per heavy atom. The summed E-state index contributed by atoms with van der Waals surface area (Å²) >= 11 is 3.86. The highest BCUT2D eigenvalue weighted by Gasteiger charge is 2.72. The van der Waals surface area contributed by atoms with Crippen molar-refractivity contribution in [2.24, 2.45) is 0 Å². The number of aliphatic hydroxyl groups excluding tert-OH is 1. The molecule has 2 aliphatic carbocycles. The summed E-state index contributed by atoms with van der Waals surface area (Å²) < 4.78 is 9.63. The molecule has 6 nitrogen and oxygen atoms in total. The van der Waals surface area contributed by atoms with Gasteiger partial charge in [0.1, 0.15) is 12.2 Å². The summed E-state index contributed by atoms with van der Waals surface area (Å²) in [6.45, 7) is 0.735. The predicted molar refractivity (Wildman–Crippen MR) is 99.3 cm³/mol.